The lowest BCUT2D eigenvalue weighted by Crippen LogP contribution is -2.25. The van der Waals surface area contributed by atoms with Gasteiger partial charge in [0.2, 0.25) is 5.82 Å². The van der Waals surface area contributed by atoms with Crippen LogP contribution in [0, 0.1) is 0 Å². The molecule has 0 fully saturated rings. The van der Waals surface area contributed by atoms with Crippen molar-refractivity contribution in [2.45, 2.75) is 12.8 Å². The summed E-state index contributed by atoms with van der Waals surface area (Å²) in [6, 6.07) is 1.97. The number of benzene rings is 1. The third kappa shape index (κ3) is 1.92. The quantitative estimate of drug-likeness (QED) is 0.910. The number of ether oxygens (including phenoxy) is 1. The SMILES string of the molecule is COc1c(Cl)cc2c(c1-c1nn[nH]n1)N(C)CCC2. The molecule has 6 nitrogen and oxygen atoms in total. The molecule has 3 rings (SSSR count). The van der Waals surface area contributed by atoms with Crippen molar-refractivity contribution in [1.29, 1.82) is 0 Å². The topological polar surface area (TPSA) is 66.9 Å². The van der Waals surface area contributed by atoms with Gasteiger partial charge >= 0.3 is 0 Å². The Morgan fingerprint density at radius 3 is 3.00 bits per heavy atom. The third-order valence-electron chi connectivity index (χ3n) is 3.38. The highest BCUT2D eigenvalue weighted by Gasteiger charge is 2.26. The molecule has 0 spiro atoms. The molecule has 0 amide bonds. The maximum atomic E-state index is 6.30. The molecule has 0 bridgehead atoms. The molecule has 0 atom stereocenters. The average Bonchev–Trinajstić information content (AvgIpc) is 2.91. The number of aromatic amines is 1. The van der Waals surface area contributed by atoms with Gasteiger partial charge in [-0.05, 0) is 29.7 Å². The maximum Gasteiger partial charge on any atom is 0.210 e. The molecule has 1 aromatic carbocycles. The number of nitrogens with one attached hydrogen (secondary N) is 1. The lowest BCUT2D eigenvalue weighted by Gasteiger charge is -2.30. The molecule has 0 unspecified atom stereocenters. The molecule has 2 heterocycles. The number of methoxy groups -OCH3 is 1. The Morgan fingerprint density at radius 1 is 1.47 bits per heavy atom. The minimum Gasteiger partial charge on any atom is -0.494 e. The van der Waals surface area contributed by atoms with Crippen LogP contribution in [0.3, 0.4) is 0 Å². The van der Waals surface area contributed by atoms with Gasteiger partial charge in [-0.15, -0.1) is 10.2 Å². The highest BCUT2D eigenvalue weighted by Crippen LogP contribution is 2.45. The van der Waals surface area contributed by atoms with Crippen LogP contribution in [0.25, 0.3) is 11.4 Å². The van der Waals surface area contributed by atoms with Crippen LogP contribution in [0.2, 0.25) is 5.02 Å². The third-order valence-corrected chi connectivity index (χ3v) is 3.66. The van der Waals surface area contributed by atoms with Gasteiger partial charge in [0.05, 0.1) is 23.4 Å². The van der Waals surface area contributed by atoms with Crippen molar-refractivity contribution < 1.29 is 4.74 Å². The summed E-state index contributed by atoms with van der Waals surface area (Å²) in [6.07, 6.45) is 2.10. The van der Waals surface area contributed by atoms with Crippen molar-refractivity contribution in [3.8, 4) is 17.1 Å². The van der Waals surface area contributed by atoms with Crippen molar-refractivity contribution in [2.75, 3.05) is 25.6 Å². The van der Waals surface area contributed by atoms with Crippen LogP contribution in [0.1, 0.15) is 12.0 Å². The normalized spacial score (nSPS) is 14.4. The zero-order chi connectivity index (χ0) is 13.4. The van der Waals surface area contributed by atoms with Crippen LogP contribution in [-0.2, 0) is 6.42 Å². The van der Waals surface area contributed by atoms with E-state index in [4.69, 9.17) is 16.3 Å². The lowest BCUT2D eigenvalue weighted by molar-refractivity contribution is 0.416. The summed E-state index contributed by atoms with van der Waals surface area (Å²) in [5.74, 6) is 1.10. The second-order valence-electron chi connectivity index (χ2n) is 4.53. The molecule has 0 saturated carbocycles. The van der Waals surface area contributed by atoms with Crippen LogP contribution >= 0.6 is 11.6 Å². The Hall–Kier alpha value is -1.82. The van der Waals surface area contributed by atoms with E-state index in [1.807, 2.05) is 6.07 Å². The predicted molar refractivity (Wildman–Crippen MR) is 72.8 cm³/mol. The Labute approximate surface area is 115 Å². The molecule has 0 radical (unpaired) electrons. The van der Waals surface area contributed by atoms with Crippen LogP contribution in [0.4, 0.5) is 5.69 Å². The van der Waals surface area contributed by atoms with Gasteiger partial charge in [-0.1, -0.05) is 11.6 Å². The Bertz CT molecular complexity index is 599. The Balaban J connectivity index is 2.32. The monoisotopic (exact) mass is 279 g/mol. The molecule has 1 aromatic heterocycles. The maximum absolute atomic E-state index is 6.30. The van der Waals surface area contributed by atoms with E-state index in [1.54, 1.807) is 7.11 Å². The van der Waals surface area contributed by atoms with Crippen LogP contribution < -0.4 is 9.64 Å². The molecule has 0 saturated heterocycles. The highest BCUT2D eigenvalue weighted by atomic mass is 35.5. The summed E-state index contributed by atoms with van der Waals surface area (Å²) in [5.41, 5.74) is 3.08. The van der Waals surface area contributed by atoms with E-state index in [2.05, 4.69) is 32.6 Å². The van der Waals surface area contributed by atoms with E-state index < -0.39 is 0 Å². The number of hydrogen-bond acceptors (Lipinski definition) is 5. The van der Waals surface area contributed by atoms with Crippen molar-refractivity contribution in [1.82, 2.24) is 20.6 Å². The largest absolute Gasteiger partial charge is 0.494 e. The van der Waals surface area contributed by atoms with Crippen molar-refractivity contribution in [3.63, 3.8) is 0 Å². The smallest absolute Gasteiger partial charge is 0.210 e. The van der Waals surface area contributed by atoms with Gasteiger partial charge in [-0.3, -0.25) is 0 Å². The number of rotatable bonds is 2. The molecule has 2 aromatic rings. The first kappa shape index (κ1) is 12.2. The van der Waals surface area contributed by atoms with Gasteiger partial charge in [0.1, 0.15) is 0 Å². The number of nitrogens with zero attached hydrogens (tertiary/aromatic N) is 4. The second-order valence-corrected chi connectivity index (χ2v) is 4.94. The van der Waals surface area contributed by atoms with E-state index in [0.29, 0.717) is 16.6 Å². The van der Waals surface area contributed by atoms with Gasteiger partial charge in [0, 0.05) is 13.6 Å². The van der Waals surface area contributed by atoms with E-state index in [0.717, 1.165) is 30.6 Å². The molecule has 7 heteroatoms. The zero-order valence-electron chi connectivity index (χ0n) is 10.8. The van der Waals surface area contributed by atoms with E-state index in [9.17, 15) is 0 Å². The summed E-state index contributed by atoms with van der Waals surface area (Å²) in [4.78, 5) is 2.18. The lowest BCUT2D eigenvalue weighted by atomic mass is 9.97. The standard InChI is InChI=1S/C12H14ClN5O/c1-18-5-3-4-7-6-8(13)11(19-2)9(10(7)18)12-14-16-17-15-12/h6H,3-5H2,1-2H3,(H,14,15,16,17). The molecule has 1 aliphatic rings. The summed E-state index contributed by atoms with van der Waals surface area (Å²) in [5, 5.41) is 14.8. The summed E-state index contributed by atoms with van der Waals surface area (Å²) >= 11 is 6.30. The fourth-order valence-corrected chi connectivity index (χ4v) is 2.90. The fraction of sp³-hybridized carbons (Fsp3) is 0.417. The number of tetrazole rings is 1. The molecule has 1 aliphatic heterocycles. The molecule has 1 N–H and O–H groups in total. The summed E-state index contributed by atoms with van der Waals surface area (Å²) in [7, 11) is 3.65. The van der Waals surface area contributed by atoms with Gasteiger partial charge in [0.15, 0.2) is 5.75 Å². The minimum atomic E-state index is 0.504. The summed E-state index contributed by atoms with van der Waals surface area (Å²) in [6.45, 7) is 0.989. The molecule has 19 heavy (non-hydrogen) atoms. The van der Waals surface area contributed by atoms with Crippen molar-refractivity contribution >= 4 is 17.3 Å². The van der Waals surface area contributed by atoms with Crippen LogP contribution in [0.5, 0.6) is 5.75 Å². The van der Waals surface area contributed by atoms with Gasteiger partial charge in [0.25, 0.3) is 0 Å². The molecule has 0 aliphatic carbocycles. The summed E-state index contributed by atoms with van der Waals surface area (Å²) < 4.78 is 5.43. The van der Waals surface area contributed by atoms with E-state index >= 15 is 0 Å². The average molecular weight is 280 g/mol. The Kier molecular flexibility index (Phi) is 3.02. The number of anilines is 1. The van der Waals surface area contributed by atoms with E-state index in [1.165, 1.54) is 5.56 Å². The fourth-order valence-electron chi connectivity index (χ4n) is 2.59. The number of fused-ring (bicyclic) bond motifs is 1. The second kappa shape index (κ2) is 4.70. The number of H-pyrrole nitrogens is 1. The molecular weight excluding hydrogens is 266 g/mol. The first-order valence-electron chi connectivity index (χ1n) is 6.06. The highest BCUT2D eigenvalue weighted by molar-refractivity contribution is 6.33. The van der Waals surface area contributed by atoms with Crippen molar-refractivity contribution in [2.24, 2.45) is 0 Å². The van der Waals surface area contributed by atoms with Gasteiger partial charge in [-0.2, -0.15) is 5.21 Å². The number of aromatic nitrogens is 4. The van der Waals surface area contributed by atoms with Gasteiger partial charge in [-0.25, -0.2) is 0 Å². The zero-order valence-corrected chi connectivity index (χ0v) is 11.5. The van der Waals surface area contributed by atoms with E-state index in [-0.39, 0.29) is 0 Å². The van der Waals surface area contributed by atoms with Crippen molar-refractivity contribution in [3.05, 3.63) is 16.7 Å². The first-order chi connectivity index (χ1) is 9.22. The minimum absolute atomic E-state index is 0.504. The molecule has 100 valence electrons. The van der Waals surface area contributed by atoms with Gasteiger partial charge < -0.3 is 9.64 Å². The van der Waals surface area contributed by atoms with Crippen LogP contribution in [-0.4, -0.2) is 41.3 Å². The van der Waals surface area contributed by atoms with Crippen LogP contribution in [0.15, 0.2) is 6.07 Å². The predicted octanol–water partition coefficient (Wildman–Crippen LogP) is 1.91. The number of aryl methyl sites for hydroxylation is 1. The molecular formula is C12H14ClN5O. The Morgan fingerprint density at radius 2 is 2.32 bits per heavy atom. The number of halogens is 1. The number of hydrogen-bond donors (Lipinski definition) is 1. The first-order valence-corrected chi connectivity index (χ1v) is 6.44.